The SMILES string of the molecule is Cc1cc(Oc2ncccc2C#N)ccc1NC(=O)c1cc(-c2cccc(Cl)c2)on1. The fourth-order valence-electron chi connectivity index (χ4n) is 2.86. The Morgan fingerprint density at radius 1 is 1.16 bits per heavy atom. The molecule has 0 bridgehead atoms. The van der Waals surface area contributed by atoms with Crippen LogP contribution in [0.2, 0.25) is 5.02 Å². The van der Waals surface area contributed by atoms with Gasteiger partial charge in [-0.1, -0.05) is 28.9 Å². The highest BCUT2D eigenvalue weighted by atomic mass is 35.5. The summed E-state index contributed by atoms with van der Waals surface area (Å²) in [4.78, 5) is 16.7. The first-order chi connectivity index (χ1) is 15.0. The lowest BCUT2D eigenvalue weighted by Crippen LogP contribution is -2.13. The number of hydrogen-bond acceptors (Lipinski definition) is 6. The number of carbonyl (C=O) groups excluding carboxylic acids is 1. The van der Waals surface area contributed by atoms with Crippen LogP contribution in [0.15, 0.2) is 71.4 Å². The highest BCUT2D eigenvalue weighted by Crippen LogP contribution is 2.28. The van der Waals surface area contributed by atoms with E-state index in [1.54, 1.807) is 60.8 Å². The number of benzene rings is 2. The summed E-state index contributed by atoms with van der Waals surface area (Å²) in [6, 6.07) is 19.1. The topological polar surface area (TPSA) is 101 Å². The molecule has 4 aromatic rings. The smallest absolute Gasteiger partial charge is 0.277 e. The van der Waals surface area contributed by atoms with Crippen molar-refractivity contribution in [1.29, 1.82) is 5.26 Å². The normalized spacial score (nSPS) is 10.4. The van der Waals surface area contributed by atoms with E-state index in [-0.39, 0.29) is 11.6 Å². The van der Waals surface area contributed by atoms with E-state index in [1.807, 2.05) is 19.1 Å². The minimum atomic E-state index is -0.412. The molecule has 0 atom stereocenters. The number of amides is 1. The molecular weight excluding hydrogens is 416 g/mol. The number of ether oxygens (including phenoxy) is 1. The number of nitrogens with one attached hydrogen (secondary N) is 1. The van der Waals surface area contributed by atoms with E-state index in [2.05, 4.69) is 15.5 Å². The summed E-state index contributed by atoms with van der Waals surface area (Å²) in [5, 5.41) is 16.4. The van der Waals surface area contributed by atoms with E-state index in [9.17, 15) is 4.79 Å². The number of halogens is 1. The van der Waals surface area contributed by atoms with Gasteiger partial charge in [-0.3, -0.25) is 4.79 Å². The summed E-state index contributed by atoms with van der Waals surface area (Å²) in [6.45, 7) is 1.83. The summed E-state index contributed by atoms with van der Waals surface area (Å²) >= 11 is 6.00. The first-order valence-electron chi connectivity index (χ1n) is 9.21. The Morgan fingerprint density at radius 3 is 2.81 bits per heavy atom. The predicted molar refractivity (Wildman–Crippen MR) is 115 cm³/mol. The number of carbonyl (C=O) groups is 1. The van der Waals surface area contributed by atoms with Gasteiger partial charge in [-0.25, -0.2) is 4.98 Å². The summed E-state index contributed by atoms with van der Waals surface area (Å²) in [6.07, 6.45) is 1.55. The van der Waals surface area contributed by atoms with Crippen LogP contribution in [0.25, 0.3) is 11.3 Å². The zero-order chi connectivity index (χ0) is 21.8. The van der Waals surface area contributed by atoms with Crippen LogP contribution < -0.4 is 10.1 Å². The number of rotatable bonds is 5. The third kappa shape index (κ3) is 4.55. The van der Waals surface area contributed by atoms with Gasteiger partial charge in [0.25, 0.3) is 5.91 Å². The fourth-order valence-corrected chi connectivity index (χ4v) is 3.05. The maximum absolute atomic E-state index is 12.6. The number of aryl methyl sites for hydroxylation is 1. The van der Waals surface area contributed by atoms with Gasteiger partial charge < -0.3 is 14.6 Å². The second-order valence-electron chi connectivity index (χ2n) is 6.59. The molecule has 1 amide bonds. The van der Waals surface area contributed by atoms with Gasteiger partial charge in [-0.05, 0) is 55.0 Å². The van der Waals surface area contributed by atoms with Gasteiger partial charge in [0.2, 0.25) is 5.88 Å². The molecule has 2 aromatic carbocycles. The number of aromatic nitrogens is 2. The van der Waals surface area contributed by atoms with E-state index < -0.39 is 5.91 Å². The molecule has 31 heavy (non-hydrogen) atoms. The molecule has 0 aliphatic rings. The van der Waals surface area contributed by atoms with Crippen LogP contribution in [-0.4, -0.2) is 16.0 Å². The van der Waals surface area contributed by atoms with Crippen molar-refractivity contribution < 1.29 is 14.1 Å². The summed E-state index contributed by atoms with van der Waals surface area (Å²) < 4.78 is 11.0. The van der Waals surface area contributed by atoms with E-state index in [0.29, 0.717) is 27.8 Å². The van der Waals surface area contributed by atoms with Gasteiger partial charge in [-0.2, -0.15) is 5.26 Å². The van der Waals surface area contributed by atoms with Crippen LogP contribution in [0.3, 0.4) is 0 Å². The van der Waals surface area contributed by atoms with Gasteiger partial charge in [0.15, 0.2) is 11.5 Å². The Hall–Kier alpha value is -4.15. The maximum atomic E-state index is 12.6. The minimum absolute atomic E-state index is 0.141. The quantitative estimate of drug-likeness (QED) is 0.441. The molecule has 4 rings (SSSR count). The van der Waals surface area contributed by atoms with Crippen molar-refractivity contribution in [3.63, 3.8) is 0 Å². The van der Waals surface area contributed by atoms with Crippen molar-refractivity contribution in [2.24, 2.45) is 0 Å². The molecule has 0 spiro atoms. The van der Waals surface area contributed by atoms with Crippen molar-refractivity contribution in [1.82, 2.24) is 10.1 Å². The van der Waals surface area contributed by atoms with E-state index in [1.165, 1.54) is 0 Å². The Morgan fingerprint density at radius 2 is 2.03 bits per heavy atom. The highest BCUT2D eigenvalue weighted by molar-refractivity contribution is 6.30. The standard InChI is InChI=1S/C23H15ClN4O3/c1-14-10-18(30-23-16(13-25)5-3-9-26-23)7-8-19(14)27-22(29)20-12-21(31-28-20)15-4-2-6-17(24)11-15/h2-12H,1H3,(H,27,29). The molecule has 2 aromatic heterocycles. The fraction of sp³-hybridized carbons (Fsp3) is 0.0435. The largest absolute Gasteiger partial charge is 0.438 e. The third-order valence-corrected chi connectivity index (χ3v) is 4.64. The van der Waals surface area contributed by atoms with Crippen molar-refractivity contribution in [3.05, 3.63) is 88.7 Å². The lowest BCUT2D eigenvalue weighted by molar-refractivity contribution is 0.101. The number of anilines is 1. The van der Waals surface area contributed by atoms with Crippen LogP contribution in [0.1, 0.15) is 21.6 Å². The summed E-state index contributed by atoms with van der Waals surface area (Å²) in [5.74, 6) is 0.745. The van der Waals surface area contributed by atoms with Crippen LogP contribution in [-0.2, 0) is 0 Å². The van der Waals surface area contributed by atoms with Crippen LogP contribution in [0.5, 0.6) is 11.6 Å². The molecule has 8 heteroatoms. The van der Waals surface area contributed by atoms with Crippen molar-refractivity contribution in [2.75, 3.05) is 5.32 Å². The van der Waals surface area contributed by atoms with Gasteiger partial charge in [0, 0.05) is 28.5 Å². The molecule has 2 heterocycles. The van der Waals surface area contributed by atoms with Crippen LogP contribution in [0, 0.1) is 18.3 Å². The molecule has 0 fully saturated rings. The number of nitrogens with zero attached hydrogens (tertiary/aromatic N) is 3. The predicted octanol–water partition coefficient (Wildman–Crippen LogP) is 5.61. The van der Waals surface area contributed by atoms with Crippen LogP contribution >= 0.6 is 11.6 Å². The molecule has 0 aliphatic carbocycles. The monoisotopic (exact) mass is 430 g/mol. The average molecular weight is 431 g/mol. The number of hydrogen-bond donors (Lipinski definition) is 1. The zero-order valence-electron chi connectivity index (χ0n) is 16.3. The molecule has 1 N–H and O–H groups in total. The Bertz CT molecular complexity index is 1310. The van der Waals surface area contributed by atoms with E-state index >= 15 is 0 Å². The van der Waals surface area contributed by atoms with E-state index in [0.717, 1.165) is 11.1 Å². The Labute approximate surface area is 182 Å². The average Bonchev–Trinajstić information content (AvgIpc) is 3.27. The Balaban J connectivity index is 1.48. The molecule has 0 saturated heterocycles. The third-order valence-electron chi connectivity index (χ3n) is 4.40. The molecule has 0 saturated carbocycles. The van der Waals surface area contributed by atoms with E-state index in [4.69, 9.17) is 26.1 Å². The second-order valence-corrected chi connectivity index (χ2v) is 7.02. The van der Waals surface area contributed by atoms with Gasteiger partial charge >= 0.3 is 0 Å². The van der Waals surface area contributed by atoms with Crippen molar-refractivity contribution in [2.45, 2.75) is 6.92 Å². The second kappa shape index (κ2) is 8.69. The highest BCUT2D eigenvalue weighted by Gasteiger charge is 2.15. The number of pyridine rings is 1. The summed E-state index contributed by atoms with van der Waals surface area (Å²) in [5.41, 5.74) is 2.55. The van der Waals surface area contributed by atoms with Gasteiger partial charge in [0.05, 0.1) is 0 Å². The van der Waals surface area contributed by atoms with Crippen molar-refractivity contribution in [3.8, 4) is 29.0 Å². The van der Waals surface area contributed by atoms with Gasteiger partial charge in [0.1, 0.15) is 17.4 Å². The van der Waals surface area contributed by atoms with Crippen LogP contribution in [0.4, 0.5) is 5.69 Å². The first kappa shape index (κ1) is 20.1. The molecule has 152 valence electrons. The molecule has 0 radical (unpaired) electrons. The summed E-state index contributed by atoms with van der Waals surface area (Å²) in [7, 11) is 0. The lowest BCUT2D eigenvalue weighted by atomic mass is 10.1. The first-order valence-corrected chi connectivity index (χ1v) is 9.59. The molecular formula is C23H15ClN4O3. The zero-order valence-corrected chi connectivity index (χ0v) is 17.1. The number of nitriles is 1. The lowest BCUT2D eigenvalue weighted by Gasteiger charge is -2.10. The molecule has 7 nitrogen and oxygen atoms in total. The van der Waals surface area contributed by atoms with Crippen molar-refractivity contribution >= 4 is 23.2 Å². The Kier molecular flexibility index (Phi) is 5.65. The maximum Gasteiger partial charge on any atom is 0.277 e. The van der Waals surface area contributed by atoms with Gasteiger partial charge in [-0.15, -0.1) is 0 Å². The molecule has 0 aliphatic heterocycles. The molecule has 0 unspecified atom stereocenters. The minimum Gasteiger partial charge on any atom is -0.438 e.